The molecule has 3 rings (SSSR count). The van der Waals surface area contributed by atoms with Gasteiger partial charge in [-0.2, -0.15) is 0 Å². The number of nitrogens with one attached hydrogen (secondary N) is 1. The Kier molecular flexibility index (Phi) is 5.67. The largest absolute Gasteiger partial charge is 0.327 e. The van der Waals surface area contributed by atoms with Gasteiger partial charge < -0.3 is 4.98 Å². The number of benzene rings is 1. The third-order valence-corrected chi connectivity index (χ3v) is 4.82. The van der Waals surface area contributed by atoms with E-state index in [-0.39, 0.29) is 0 Å². The molecule has 1 N–H and O–H groups in total. The van der Waals surface area contributed by atoms with Gasteiger partial charge in [0.15, 0.2) is 0 Å². The molecule has 0 unspecified atom stereocenters. The van der Waals surface area contributed by atoms with E-state index in [2.05, 4.69) is 48.5 Å². The standard InChI is InChI=1S/C22H26ClN3/c1-5-9-18(14-17(4)23)26(21-15(2)10-8-11-16(21)3)22-24-19-12-6-7-13-20(19)25-22/h5,8-11,14H,1,6-7,12-13H2,2-4H3,(H,24,25)/b17-14+,18-9+. The summed E-state index contributed by atoms with van der Waals surface area (Å²) in [5, 5.41) is 0.714. The summed E-state index contributed by atoms with van der Waals surface area (Å²) >= 11 is 6.24. The fourth-order valence-electron chi connectivity index (χ4n) is 3.57. The van der Waals surface area contributed by atoms with Gasteiger partial charge in [0, 0.05) is 10.7 Å². The van der Waals surface area contributed by atoms with Crippen LogP contribution in [0.4, 0.5) is 11.6 Å². The topological polar surface area (TPSA) is 31.9 Å². The van der Waals surface area contributed by atoms with Crippen LogP contribution >= 0.6 is 11.6 Å². The second kappa shape index (κ2) is 7.96. The fraction of sp³-hybridized carbons (Fsp3) is 0.318. The Morgan fingerprint density at radius 1 is 1.23 bits per heavy atom. The Bertz CT molecular complexity index is 826. The molecule has 0 radical (unpaired) electrons. The molecule has 1 aliphatic carbocycles. The van der Waals surface area contributed by atoms with Crippen LogP contribution in [0.5, 0.6) is 0 Å². The van der Waals surface area contributed by atoms with Crippen LogP contribution in [0.15, 0.2) is 53.7 Å². The van der Waals surface area contributed by atoms with Gasteiger partial charge in [-0.1, -0.05) is 42.5 Å². The molecular weight excluding hydrogens is 342 g/mol. The first-order chi connectivity index (χ1) is 12.5. The summed E-state index contributed by atoms with van der Waals surface area (Å²) in [6.07, 6.45) is 10.2. The second-order valence-electron chi connectivity index (χ2n) is 6.83. The molecule has 2 aromatic rings. The monoisotopic (exact) mass is 367 g/mol. The van der Waals surface area contributed by atoms with Crippen LogP contribution in [0.2, 0.25) is 0 Å². The number of nitrogens with zero attached hydrogens (tertiary/aromatic N) is 2. The zero-order valence-electron chi connectivity index (χ0n) is 15.8. The highest BCUT2D eigenvalue weighted by Gasteiger charge is 2.23. The lowest BCUT2D eigenvalue weighted by atomic mass is 10.0. The van der Waals surface area contributed by atoms with Gasteiger partial charge >= 0.3 is 0 Å². The summed E-state index contributed by atoms with van der Waals surface area (Å²) in [7, 11) is 0. The summed E-state index contributed by atoms with van der Waals surface area (Å²) in [5.41, 5.74) is 6.89. The van der Waals surface area contributed by atoms with Gasteiger partial charge in [0.05, 0.1) is 17.1 Å². The molecule has 0 fully saturated rings. The van der Waals surface area contributed by atoms with Crippen LogP contribution in [0.1, 0.15) is 42.3 Å². The molecule has 0 amide bonds. The molecule has 26 heavy (non-hydrogen) atoms. The summed E-state index contributed by atoms with van der Waals surface area (Å²) in [6, 6.07) is 6.33. The highest BCUT2D eigenvalue weighted by molar-refractivity contribution is 6.29. The molecule has 1 aromatic carbocycles. The lowest BCUT2D eigenvalue weighted by Crippen LogP contribution is -2.19. The molecule has 0 aliphatic heterocycles. The molecule has 1 aromatic heterocycles. The van der Waals surface area contributed by atoms with Gasteiger partial charge in [-0.3, -0.25) is 4.90 Å². The van der Waals surface area contributed by atoms with Crippen LogP contribution in [0.3, 0.4) is 0 Å². The van der Waals surface area contributed by atoms with Crippen molar-refractivity contribution in [3.63, 3.8) is 0 Å². The van der Waals surface area contributed by atoms with Crippen LogP contribution in [0.25, 0.3) is 0 Å². The smallest absolute Gasteiger partial charge is 0.212 e. The Morgan fingerprint density at radius 2 is 1.92 bits per heavy atom. The number of imidazole rings is 1. The van der Waals surface area contributed by atoms with E-state index in [1.807, 2.05) is 19.1 Å². The van der Waals surface area contributed by atoms with E-state index in [1.165, 1.54) is 35.4 Å². The Labute approximate surface area is 161 Å². The minimum Gasteiger partial charge on any atom is -0.327 e. The van der Waals surface area contributed by atoms with Gasteiger partial charge in [0.1, 0.15) is 0 Å². The van der Waals surface area contributed by atoms with E-state index >= 15 is 0 Å². The second-order valence-corrected chi connectivity index (χ2v) is 7.42. The lowest BCUT2D eigenvalue weighted by molar-refractivity contribution is 0.667. The van der Waals surface area contributed by atoms with Crippen LogP contribution < -0.4 is 4.90 Å². The Hall–Kier alpha value is -2.26. The summed E-state index contributed by atoms with van der Waals surface area (Å²) in [6.45, 7) is 10.0. The highest BCUT2D eigenvalue weighted by Crippen LogP contribution is 2.36. The van der Waals surface area contributed by atoms with Crippen molar-refractivity contribution in [2.45, 2.75) is 46.5 Å². The van der Waals surface area contributed by atoms with E-state index in [9.17, 15) is 0 Å². The van der Waals surface area contributed by atoms with Crippen molar-refractivity contribution in [3.05, 3.63) is 76.3 Å². The number of aromatic nitrogens is 2. The van der Waals surface area contributed by atoms with Crippen molar-refractivity contribution in [1.82, 2.24) is 9.97 Å². The van der Waals surface area contributed by atoms with E-state index in [0.29, 0.717) is 5.03 Å². The lowest BCUT2D eigenvalue weighted by Gasteiger charge is -2.27. The number of rotatable bonds is 5. The number of anilines is 2. The van der Waals surface area contributed by atoms with Crippen LogP contribution in [0, 0.1) is 13.8 Å². The van der Waals surface area contributed by atoms with Gasteiger partial charge in [-0.05, 0) is 69.7 Å². The van der Waals surface area contributed by atoms with E-state index in [4.69, 9.17) is 16.6 Å². The summed E-state index contributed by atoms with van der Waals surface area (Å²) in [4.78, 5) is 10.7. The number of H-pyrrole nitrogens is 1. The number of hydrogen-bond acceptors (Lipinski definition) is 2. The zero-order valence-corrected chi connectivity index (χ0v) is 16.5. The average Bonchev–Trinajstić information content (AvgIpc) is 3.01. The number of aromatic amines is 1. The zero-order chi connectivity index (χ0) is 18.7. The number of hydrogen-bond donors (Lipinski definition) is 1. The Morgan fingerprint density at radius 3 is 2.54 bits per heavy atom. The van der Waals surface area contributed by atoms with Gasteiger partial charge in [0.25, 0.3) is 0 Å². The number of allylic oxidation sites excluding steroid dienone is 4. The maximum absolute atomic E-state index is 6.24. The molecule has 1 aliphatic rings. The van der Waals surface area contributed by atoms with Crippen molar-refractivity contribution in [2.24, 2.45) is 0 Å². The van der Waals surface area contributed by atoms with Crippen molar-refractivity contribution >= 4 is 23.2 Å². The predicted molar refractivity (Wildman–Crippen MR) is 111 cm³/mol. The molecule has 0 bridgehead atoms. The molecule has 3 nitrogen and oxygen atoms in total. The molecule has 1 heterocycles. The van der Waals surface area contributed by atoms with Gasteiger partial charge in [-0.15, -0.1) is 0 Å². The van der Waals surface area contributed by atoms with E-state index in [1.54, 1.807) is 6.08 Å². The Balaban J connectivity index is 2.22. The first-order valence-electron chi connectivity index (χ1n) is 9.12. The predicted octanol–water partition coefficient (Wildman–Crippen LogP) is 6.26. The van der Waals surface area contributed by atoms with E-state index in [0.717, 1.165) is 30.2 Å². The molecule has 0 spiro atoms. The molecule has 0 atom stereocenters. The SMILES string of the molecule is C=C/C=C(\C=C(/C)Cl)N(c1nc2c([nH]1)CCCC2)c1c(C)cccc1C. The minimum absolute atomic E-state index is 0.714. The maximum atomic E-state index is 6.24. The summed E-state index contributed by atoms with van der Waals surface area (Å²) in [5.74, 6) is 0.844. The quantitative estimate of drug-likeness (QED) is 0.633. The van der Waals surface area contributed by atoms with Gasteiger partial charge in [-0.25, -0.2) is 4.98 Å². The maximum Gasteiger partial charge on any atom is 0.212 e. The van der Waals surface area contributed by atoms with Gasteiger partial charge in [0.2, 0.25) is 5.95 Å². The minimum atomic E-state index is 0.714. The molecule has 0 saturated carbocycles. The summed E-state index contributed by atoms with van der Waals surface area (Å²) < 4.78 is 0. The van der Waals surface area contributed by atoms with Crippen molar-refractivity contribution in [1.29, 1.82) is 0 Å². The van der Waals surface area contributed by atoms with E-state index < -0.39 is 0 Å². The molecule has 4 heteroatoms. The first-order valence-corrected chi connectivity index (χ1v) is 9.49. The normalized spacial score (nSPS) is 14.9. The molecule has 136 valence electrons. The highest BCUT2D eigenvalue weighted by atomic mass is 35.5. The van der Waals surface area contributed by atoms with Crippen molar-refractivity contribution < 1.29 is 0 Å². The first kappa shape index (κ1) is 18.5. The van der Waals surface area contributed by atoms with Crippen molar-refractivity contribution in [3.8, 4) is 0 Å². The molecule has 0 saturated heterocycles. The average molecular weight is 368 g/mol. The van der Waals surface area contributed by atoms with Crippen LogP contribution in [-0.2, 0) is 12.8 Å². The van der Waals surface area contributed by atoms with Crippen molar-refractivity contribution in [2.75, 3.05) is 4.90 Å². The number of aryl methyl sites for hydroxylation is 4. The number of fused-ring (bicyclic) bond motifs is 1. The number of halogens is 1. The molecular formula is C22H26ClN3. The third-order valence-electron chi connectivity index (χ3n) is 4.71. The van der Waals surface area contributed by atoms with Crippen LogP contribution in [-0.4, -0.2) is 9.97 Å². The third kappa shape index (κ3) is 3.78. The fourth-order valence-corrected chi connectivity index (χ4v) is 3.68. The number of para-hydroxylation sites is 1.